The van der Waals surface area contributed by atoms with E-state index in [2.05, 4.69) is 10.3 Å². The van der Waals surface area contributed by atoms with E-state index >= 15 is 0 Å². The van der Waals surface area contributed by atoms with E-state index in [9.17, 15) is 14.4 Å². The van der Waals surface area contributed by atoms with Crippen molar-refractivity contribution in [3.8, 4) is 0 Å². The van der Waals surface area contributed by atoms with Gasteiger partial charge in [0, 0.05) is 31.6 Å². The van der Waals surface area contributed by atoms with Crippen molar-refractivity contribution in [1.29, 1.82) is 0 Å². The van der Waals surface area contributed by atoms with E-state index in [1.165, 1.54) is 0 Å². The van der Waals surface area contributed by atoms with Gasteiger partial charge in [-0.25, -0.2) is 9.31 Å². The van der Waals surface area contributed by atoms with Crippen LogP contribution < -0.4 is 10.9 Å². The molecule has 4 rings (SSSR count). The molecule has 170 valence electrons. The van der Waals surface area contributed by atoms with Crippen molar-refractivity contribution in [2.24, 2.45) is 0 Å². The predicted octanol–water partition coefficient (Wildman–Crippen LogP) is 3.04. The van der Waals surface area contributed by atoms with Crippen LogP contribution in [0.5, 0.6) is 0 Å². The molecule has 2 aromatic heterocycles. The zero-order valence-corrected chi connectivity index (χ0v) is 18.9. The monoisotopic (exact) mass is 439 g/mol. The number of carbonyl (C=O) groups excluding carboxylic acids is 2. The van der Waals surface area contributed by atoms with Crippen molar-refractivity contribution in [2.75, 3.05) is 19.6 Å². The number of likely N-dealkylation sites (tertiary alicyclic amines) is 1. The largest absolute Gasteiger partial charge is 0.444 e. The average molecular weight is 440 g/mol. The molecule has 0 radical (unpaired) electrons. The highest BCUT2D eigenvalue weighted by atomic mass is 16.6. The van der Waals surface area contributed by atoms with E-state index in [0.717, 1.165) is 5.69 Å². The standard InChI is InChI=1S/C23H29N5O4/c1-5-24-21(30)15-7-6-8-16-19(15)20-25-18(29)13-17(28(20)26-16)14-9-11-27(12-10-14)22(31)32-23(2,3)4/h6-8,13-14H,5,9-12H2,1-4H3,(H,24,30)(H,25,29). The molecule has 2 amide bonds. The first-order chi connectivity index (χ1) is 15.2. The lowest BCUT2D eigenvalue weighted by Crippen LogP contribution is -2.41. The molecular weight excluding hydrogens is 410 g/mol. The van der Waals surface area contributed by atoms with Crippen LogP contribution in [0, 0.1) is 0 Å². The molecule has 0 saturated carbocycles. The predicted molar refractivity (Wildman–Crippen MR) is 121 cm³/mol. The van der Waals surface area contributed by atoms with Gasteiger partial charge in [0.2, 0.25) is 0 Å². The third-order valence-electron chi connectivity index (χ3n) is 5.61. The minimum atomic E-state index is -0.538. The summed E-state index contributed by atoms with van der Waals surface area (Å²) in [5.74, 6) is -0.148. The first kappa shape index (κ1) is 21.9. The molecule has 1 aliphatic heterocycles. The Kier molecular flexibility index (Phi) is 5.66. The van der Waals surface area contributed by atoms with E-state index in [1.54, 1.807) is 27.6 Å². The highest BCUT2D eigenvalue weighted by molar-refractivity contribution is 6.11. The molecule has 0 atom stereocenters. The van der Waals surface area contributed by atoms with E-state index in [-0.39, 0.29) is 23.5 Å². The summed E-state index contributed by atoms with van der Waals surface area (Å²) in [4.78, 5) is 42.1. The number of carbonyl (C=O) groups is 2. The Morgan fingerprint density at radius 3 is 2.62 bits per heavy atom. The summed E-state index contributed by atoms with van der Waals surface area (Å²) >= 11 is 0. The van der Waals surface area contributed by atoms with Gasteiger partial charge in [-0.15, -0.1) is 0 Å². The molecule has 0 unspecified atom stereocenters. The number of hydrogen-bond donors (Lipinski definition) is 2. The molecule has 0 aliphatic carbocycles. The second-order valence-electron chi connectivity index (χ2n) is 9.12. The number of amides is 2. The van der Waals surface area contributed by atoms with Crippen LogP contribution in [0.25, 0.3) is 16.6 Å². The van der Waals surface area contributed by atoms with Gasteiger partial charge in [-0.3, -0.25) is 9.59 Å². The van der Waals surface area contributed by atoms with Gasteiger partial charge in [0.1, 0.15) is 11.2 Å². The minimum Gasteiger partial charge on any atom is -0.444 e. The molecule has 32 heavy (non-hydrogen) atoms. The Labute approximate surface area is 185 Å². The Hall–Kier alpha value is -3.36. The smallest absolute Gasteiger partial charge is 0.410 e. The van der Waals surface area contributed by atoms with Crippen molar-refractivity contribution in [3.63, 3.8) is 0 Å². The summed E-state index contributed by atoms with van der Waals surface area (Å²) in [5.41, 5.74) is 1.64. The summed E-state index contributed by atoms with van der Waals surface area (Å²) in [6.45, 7) is 8.99. The summed E-state index contributed by atoms with van der Waals surface area (Å²) in [7, 11) is 0. The van der Waals surface area contributed by atoms with Crippen molar-refractivity contribution >= 4 is 28.6 Å². The summed E-state index contributed by atoms with van der Waals surface area (Å²) in [6.07, 6.45) is 1.07. The van der Waals surface area contributed by atoms with Gasteiger partial charge < -0.3 is 19.9 Å². The maximum atomic E-state index is 12.6. The SMILES string of the molecule is CCNC(=O)c1cccc2nn3c(C4CCN(C(=O)OC(C)(C)C)CC4)cc(=O)[nH]c3c12. The first-order valence-electron chi connectivity index (χ1n) is 11.0. The average Bonchev–Trinajstić information content (AvgIpc) is 3.11. The van der Waals surface area contributed by atoms with E-state index in [1.807, 2.05) is 33.8 Å². The number of piperidine rings is 1. The molecule has 0 spiro atoms. The quantitative estimate of drug-likeness (QED) is 0.652. The molecule has 1 aliphatic rings. The van der Waals surface area contributed by atoms with Crippen LogP contribution in [0.1, 0.15) is 62.5 Å². The second-order valence-corrected chi connectivity index (χ2v) is 9.12. The third kappa shape index (κ3) is 4.19. The molecule has 0 bridgehead atoms. The molecule has 2 N–H and O–H groups in total. The highest BCUT2D eigenvalue weighted by Gasteiger charge is 2.29. The number of aromatic nitrogens is 3. The van der Waals surface area contributed by atoms with Crippen LogP contribution in [0.3, 0.4) is 0 Å². The summed E-state index contributed by atoms with van der Waals surface area (Å²) < 4.78 is 7.22. The zero-order chi connectivity index (χ0) is 23.0. The number of aromatic amines is 1. The number of fused-ring (bicyclic) bond motifs is 3. The van der Waals surface area contributed by atoms with Gasteiger partial charge in [-0.1, -0.05) is 6.07 Å². The number of ether oxygens (including phenoxy) is 1. The van der Waals surface area contributed by atoms with Gasteiger partial charge in [0.05, 0.1) is 22.2 Å². The first-order valence-corrected chi connectivity index (χ1v) is 11.0. The molecule has 3 aromatic rings. The van der Waals surface area contributed by atoms with Gasteiger partial charge in [0.15, 0.2) is 0 Å². The van der Waals surface area contributed by atoms with Crippen LogP contribution in [0.15, 0.2) is 29.1 Å². The van der Waals surface area contributed by atoms with Crippen molar-refractivity contribution in [3.05, 3.63) is 45.9 Å². The normalized spacial score (nSPS) is 15.3. The van der Waals surface area contributed by atoms with Crippen LogP contribution in [0.2, 0.25) is 0 Å². The lowest BCUT2D eigenvalue weighted by molar-refractivity contribution is 0.0203. The van der Waals surface area contributed by atoms with E-state index in [4.69, 9.17) is 9.84 Å². The Balaban J connectivity index is 1.68. The molecule has 1 aromatic carbocycles. The molecule has 9 heteroatoms. The van der Waals surface area contributed by atoms with Crippen LogP contribution >= 0.6 is 0 Å². The van der Waals surface area contributed by atoms with Crippen LogP contribution in [-0.2, 0) is 4.74 Å². The molecule has 1 saturated heterocycles. The number of nitrogens with zero attached hydrogens (tertiary/aromatic N) is 3. The van der Waals surface area contributed by atoms with Gasteiger partial charge in [-0.2, -0.15) is 5.10 Å². The Morgan fingerprint density at radius 1 is 1.25 bits per heavy atom. The maximum Gasteiger partial charge on any atom is 0.410 e. The van der Waals surface area contributed by atoms with Crippen molar-refractivity contribution in [1.82, 2.24) is 24.8 Å². The van der Waals surface area contributed by atoms with Gasteiger partial charge in [0.25, 0.3) is 11.5 Å². The fraction of sp³-hybridized carbons (Fsp3) is 0.478. The van der Waals surface area contributed by atoms with Crippen LogP contribution in [-0.4, -0.2) is 56.7 Å². The Bertz CT molecular complexity index is 1230. The lowest BCUT2D eigenvalue weighted by Gasteiger charge is -2.33. The number of nitrogens with one attached hydrogen (secondary N) is 2. The number of H-pyrrole nitrogens is 1. The summed E-state index contributed by atoms with van der Waals surface area (Å²) in [6, 6.07) is 6.92. The number of hydrogen-bond acceptors (Lipinski definition) is 5. The third-order valence-corrected chi connectivity index (χ3v) is 5.61. The fourth-order valence-electron chi connectivity index (χ4n) is 4.21. The summed E-state index contributed by atoms with van der Waals surface area (Å²) in [5, 5.41) is 8.14. The highest BCUT2D eigenvalue weighted by Crippen LogP contribution is 2.30. The molecular formula is C23H29N5O4. The van der Waals surface area contributed by atoms with Crippen molar-refractivity contribution < 1.29 is 14.3 Å². The molecule has 1 fully saturated rings. The zero-order valence-electron chi connectivity index (χ0n) is 18.9. The number of benzene rings is 1. The topological polar surface area (TPSA) is 109 Å². The van der Waals surface area contributed by atoms with Crippen LogP contribution in [0.4, 0.5) is 4.79 Å². The Morgan fingerprint density at radius 2 is 1.97 bits per heavy atom. The molecule has 3 heterocycles. The van der Waals surface area contributed by atoms with E-state index in [0.29, 0.717) is 54.6 Å². The number of rotatable bonds is 3. The minimum absolute atomic E-state index is 0.0562. The maximum absolute atomic E-state index is 12.6. The van der Waals surface area contributed by atoms with Crippen molar-refractivity contribution in [2.45, 2.75) is 52.1 Å². The van der Waals surface area contributed by atoms with Gasteiger partial charge >= 0.3 is 6.09 Å². The van der Waals surface area contributed by atoms with E-state index < -0.39 is 5.60 Å². The lowest BCUT2D eigenvalue weighted by atomic mass is 9.93. The fourth-order valence-corrected chi connectivity index (χ4v) is 4.21. The second kappa shape index (κ2) is 8.29. The molecule has 9 nitrogen and oxygen atoms in total. The van der Waals surface area contributed by atoms with Gasteiger partial charge in [-0.05, 0) is 52.7 Å².